The highest BCUT2D eigenvalue weighted by atomic mass is 15.2. The van der Waals surface area contributed by atoms with E-state index in [0.717, 1.165) is 18.1 Å². The lowest BCUT2D eigenvalue weighted by molar-refractivity contribution is 0.877. The molecule has 2 aromatic rings. The van der Waals surface area contributed by atoms with Crippen LogP contribution in [0.15, 0.2) is 42.5 Å². The molecule has 1 heterocycles. The molecule has 0 saturated carbocycles. The molecule has 0 bridgehead atoms. The third kappa shape index (κ3) is 3.08. The van der Waals surface area contributed by atoms with Crippen molar-refractivity contribution in [1.82, 2.24) is 4.98 Å². The Kier molecular flexibility index (Phi) is 3.95. The van der Waals surface area contributed by atoms with Crippen LogP contribution in [0, 0.1) is 6.92 Å². The fourth-order valence-electron chi connectivity index (χ4n) is 1.96. The van der Waals surface area contributed by atoms with E-state index in [0.29, 0.717) is 6.54 Å². The maximum absolute atomic E-state index is 5.61. The normalized spacial score (nSPS) is 10.4. The molecule has 0 amide bonds. The summed E-state index contributed by atoms with van der Waals surface area (Å²) < 4.78 is 0. The second-order valence-corrected chi connectivity index (χ2v) is 4.54. The van der Waals surface area contributed by atoms with Crippen molar-refractivity contribution in [2.24, 2.45) is 5.73 Å². The minimum Gasteiger partial charge on any atom is -0.355 e. The Morgan fingerprint density at radius 1 is 1.17 bits per heavy atom. The third-order valence-corrected chi connectivity index (χ3v) is 2.89. The van der Waals surface area contributed by atoms with Gasteiger partial charge in [0, 0.05) is 20.1 Å². The number of anilines is 1. The molecule has 0 aliphatic carbocycles. The standard InChI is InChI=1S/C15H19N3/c1-12-5-3-6-13(9-12)11-18(2)15-8-4-7-14(10-16)17-15/h3-9H,10-11,16H2,1-2H3. The summed E-state index contributed by atoms with van der Waals surface area (Å²) in [6, 6.07) is 14.5. The molecule has 0 fully saturated rings. The minimum atomic E-state index is 0.478. The van der Waals surface area contributed by atoms with Gasteiger partial charge in [0.05, 0.1) is 5.69 Å². The van der Waals surface area contributed by atoms with Gasteiger partial charge in [0.15, 0.2) is 0 Å². The van der Waals surface area contributed by atoms with Crippen LogP contribution in [0.3, 0.4) is 0 Å². The maximum atomic E-state index is 5.61. The molecule has 0 radical (unpaired) electrons. The summed E-state index contributed by atoms with van der Waals surface area (Å²) >= 11 is 0. The zero-order chi connectivity index (χ0) is 13.0. The van der Waals surface area contributed by atoms with Gasteiger partial charge in [0.25, 0.3) is 0 Å². The van der Waals surface area contributed by atoms with Crippen LogP contribution in [0.4, 0.5) is 5.82 Å². The Labute approximate surface area is 108 Å². The smallest absolute Gasteiger partial charge is 0.128 e. The molecule has 0 aliphatic rings. The molecule has 3 heteroatoms. The van der Waals surface area contributed by atoms with Crippen LogP contribution in [0.1, 0.15) is 16.8 Å². The largest absolute Gasteiger partial charge is 0.355 e. The summed E-state index contributed by atoms with van der Waals surface area (Å²) in [6.45, 7) is 3.44. The molecule has 0 unspecified atom stereocenters. The van der Waals surface area contributed by atoms with E-state index in [9.17, 15) is 0 Å². The summed E-state index contributed by atoms with van der Waals surface area (Å²) in [7, 11) is 2.05. The van der Waals surface area contributed by atoms with E-state index in [1.54, 1.807) is 0 Å². The third-order valence-electron chi connectivity index (χ3n) is 2.89. The van der Waals surface area contributed by atoms with Crippen molar-refractivity contribution in [3.05, 3.63) is 59.3 Å². The number of nitrogens with zero attached hydrogens (tertiary/aromatic N) is 2. The Morgan fingerprint density at radius 2 is 1.94 bits per heavy atom. The fourth-order valence-corrected chi connectivity index (χ4v) is 1.96. The first-order chi connectivity index (χ1) is 8.69. The molecule has 0 spiro atoms. The van der Waals surface area contributed by atoms with Crippen molar-refractivity contribution < 1.29 is 0 Å². The van der Waals surface area contributed by atoms with Crippen molar-refractivity contribution in [3.8, 4) is 0 Å². The first kappa shape index (κ1) is 12.6. The summed E-state index contributed by atoms with van der Waals surface area (Å²) in [5.41, 5.74) is 9.10. The van der Waals surface area contributed by atoms with Crippen LogP contribution in [0.5, 0.6) is 0 Å². The second kappa shape index (κ2) is 5.65. The van der Waals surface area contributed by atoms with Crippen LogP contribution in [-0.2, 0) is 13.1 Å². The SMILES string of the molecule is Cc1cccc(CN(C)c2cccc(CN)n2)c1. The van der Waals surface area contributed by atoms with E-state index in [1.165, 1.54) is 11.1 Å². The molecule has 0 saturated heterocycles. The maximum Gasteiger partial charge on any atom is 0.128 e. The van der Waals surface area contributed by atoms with Crippen LogP contribution < -0.4 is 10.6 Å². The second-order valence-electron chi connectivity index (χ2n) is 4.54. The van der Waals surface area contributed by atoms with E-state index < -0.39 is 0 Å². The summed E-state index contributed by atoms with van der Waals surface area (Å²) in [5.74, 6) is 0.958. The van der Waals surface area contributed by atoms with Gasteiger partial charge in [-0.05, 0) is 24.6 Å². The number of rotatable bonds is 4. The van der Waals surface area contributed by atoms with Crippen LogP contribution in [0.2, 0.25) is 0 Å². The highest BCUT2D eigenvalue weighted by Crippen LogP contribution is 2.14. The van der Waals surface area contributed by atoms with E-state index in [-0.39, 0.29) is 0 Å². The Bertz CT molecular complexity index is 523. The molecule has 2 rings (SSSR count). The van der Waals surface area contributed by atoms with Crippen molar-refractivity contribution >= 4 is 5.82 Å². The molecule has 1 aromatic carbocycles. The number of benzene rings is 1. The van der Waals surface area contributed by atoms with Crippen molar-refractivity contribution in [3.63, 3.8) is 0 Å². The average molecular weight is 241 g/mol. The van der Waals surface area contributed by atoms with E-state index in [4.69, 9.17) is 5.73 Å². The van der Waals surface area contributed by atoms with Gasteiger partial charge in [-0.3, -0.25) is 0 Å². The minimum absolute atomic E-state index is 0.478. The lowest BCUT2D eigenvalue weighted by Gasteiger charge is -2.19. The fraction of sp³-hybridized carbons (Fsp3) is 0.267. The predicted molar refractivity (Wildman–Crippen MR) is 75.4 cm³/mol. The summed E-state index contributed by atoms with van der Waals surface area (Å²) in [5, 5.41) is 0. The van der Waals surface area contributed by atoms with Crippen molar-refractivity contribution in [2.75, 3.05) is 11.9 Å². The van der Waals surface area contributed by atoms with Gasteiger partial charge in [-0.25, -0.2) is 4.98 Å². The zero-order valence-corrected chi connectivity index (χ0v) is 10.9. The quantitative estimate of drug-likeness (QED) is 0.894. The van der Waals surface area contributed by atoms with Gasteiger partial charge in [0.1, 0.15) is 5.82 Å². The van der Waals surface area contributed by atoms with Gasteiger partial charge in [-0.15, -0.1) is 0 Å². The molecular formula is C15H19N3. The lowest BCUT2D eigenvalue weighted by Crippen LogP contribution is -2.18. The molecule has 1 aromatic heterocycles. The molecule has 3 nitrogen and oxygen atoms in total. The molecule has 0 aliphatic heterocycles. The van der Waals surface area contributed by atoms with E-state index in [1.807, 2.05) is 25.2 Å². The molecule has 0 atom stereocenters. The molecule has 94 valence electrons. The van der Waals surface area contributed by atoms with Crippen LogP contribution >= 0.6 is 0 Å². The summed E-state index contributed by atoms with van der Waals surface area (Å²) in [4.78, 5) is 6.64. The molecular weight excluding hydrogens is 222 g/mol. The topological polar surface area (TPSA) is 42.1 Å². The number of hydrogen-bond acceptors (Lipinski definition) is 3. The van der Waals surface area contributed by atoms with Crippen molar-refractivity contribution in [2.45, 2.75) is 20.0 Å². The number of pyridine rings is 1. The molecule has 2 N–H and O–H groups in total. The summed E-state index contributed by atoms with van der Waals surface area (Å²) in [6.07, 6.45) is 0. The van der Waals surface area contributed by atoms with E-state index in [2.05, 4.69) is 41.1 Å². The Morgan fingerprint density at radius 3 is 2.67 bits per heavy atom. The van der Waals surface area contributed by atoms with Gasteiger partial charge < -0.3 is 10.6 Å². The number of aromatic nitrogens is 1. The van der Waals surface area contributed by atoms with Gasteiger partial charge in [-0.2, -0.15) is 0 Å². The number of nitrogens with two attached hydrogens (primary N) is 1. The highest BCUT2D eigenvalue weighted by molar-refractivity contribution is 5.39. The van der Waals surface area contributed by atoms with Crippen molar-refractivity contribution in [1.29, 1.82) is 0 Å². The first-order valence-electron chi connectivity index (χ1n) is 6.12. The zero-order valence-electron chi connectivity index (χ0n) is 10.9. The average Bonchev–Trinajstić information content (AvgIpc) is 2.39. The first-order valence-corrected chi connectivity index (χ1v) is 6.12. The number of aryl methyl sites for hydroxylation is 1. The monoisotopic (exact) mass is 241 g/mol. The van der Waals surface area contributed by atoms with Crippen LogP contribution in [0.25, 0.3) is 0 Å². The van der Waals surface area contributed by atoms with E-state index >= 15 is 0 Å². The Hall–Kier alpha value is -1.87. The number of hydrogen-bond donors (Lipinski definition) is 1. The highest BCUT2D eigenvalue weighted by Gasteiger charge is 2.04. The van der Waals surface area contributed by atoms with Gasteiger partial charge in [0.2, 0.25) is 0 Å². The molecule has 18 heavy (non-hydrogen) atoms. The lowest BCUT2D eigenvalue weighted by atomic mass is 10.1. The van der Waals surface area contributed by atoms with Crippen LogP contribution in [-0.4, -0.2) is 12.0 Å². The predicted octanol–water partition coefficient (Wildman–Crippen LogP) is 2.49. The van der Waals surface area contributed by atoms with Gasteiger partial charge >= 0.3 is 0 Å². The Balaban J connectivity index is 2.13. The van der Waals surface area contributed by atoms with Gasteiger partial charge in [-0.1, -0.05) is 35.9 Å².